The largest absolute Gasteiger partial charge is 0.325 e. The van der Waals surface area contributed by atoms with Crippen molar-refractivity contribution in [3.63, 3.8) is 0 Å². The Hall–Kier alpha value is -1.96. The van der Waals surface area contributed by atoms with Crippen molar-refractivity contribution >= 4 is 15.8 Å². The van der Waals surface area contributed by atoms with Crippen LogP contribution in [0.25, 0.3) is 0 Å². The normalized spacial score (nSPS) is 19.6. The quantitative estimate of drug-likeness (QED) is 0.796. The van der Waals surface area contributed by atoms with E-state index >= 15 is 0 Å². The van der Waals surface area contributed by atoms with Crippen molar-refractivity contribution in [1.29, 1.82) is 0 Å². The highest BCUT2D eigenvalue weighted by atomic mass is 32.2. The van der Waals surface area contributed by atoms with Gasteiger partial charge in [0.05, 0.1) is 0 Å². The Kier molecular flexibility index (Phi) is 5.94. The number of piperidine rings is 1. The van der Waals surface area contributed by atoms with E-state index in [-0.39, 0.29) is 0 Å². The van der Waals surface area contributed by atoms with Crippen molar-refractivity contribution in [2.24, 2.45) is 0 Å². The van der Waals surface area contributed by atoms with E-state index in [4.69, 9.17) is 0 Å². The molecule has 7 heteroatoms. The molecular weight excluding hydrogens is 372 g/mol. The second-order valence-electron chi connectivity index (χ2n) is 7.77. The lowest BCUT2D eigenvalue weighted by Gasteiger charge is -2.28. The standard InChI is InChI=1S/C21H28N4O2S/c26-28(27,25-11-5-2-6-12-25)20-9-10-21(22-17-20)24-15-13-23(14-16-24)18-19-7-3-1-4-8-19/h1,3-4,7-10,17H,2,5-6,11-16,18H2/p+2. The highest BCUT2D eigenvalue weighted by molar-refractivity contribution is 7.89. The Balaban J connectivity index is 1.36. The van der Waals surface area contributed by atoms with E-state index in [1.165, 1.54) is 5.56 Å². The van der Waals surface area contributed by atoms with Crippen molar-refractivity contribution < 1.29 is 18.3 Å². The molecule has 0 saturated carbocycles. The Labute approximate surface area is 167 Å². The summed E-state index contributed by atoms with van der Waals surface area (Å²) in [5.74, 6) is 0.997. The minimum Gasteiger partial charge on any atom is -0.325 e. The number of hydrogen-bond donors (Lipinski definition) is 1. The molecular formula is C21H30N4O2S+2. The average Bonchev–Trinajstić information content (AvgIpc) is 2.76. The van der Waals surface area contributed by atoms with Gasteiger partial charge >= 0.3 is 0 Å². The number of H-pyrrole nitrogens is 1. The number of aromatic amines is 1. The predicted octanol–water partition coefficient (Wildman–Crippen LogP) is 0.580. The molecule has 4 rings (SSSR count). The number of piperazine rings is 1. The molecule has 0 radical (unpaired) electrons. The highest BCUT2D eigenvalue weighted by Gasteiger charge is 2.29. The van der Waals surface area contributed by atoms with Crippen LogP contribution in [0.3, 0.4) is 0 Å². The van der Waals surface area contributed by atoms with Crippen molar-refractivity contribution in [3.05, 3.63) is 54.2 Å². The van der Waals surface area contributed by atoms with E-state index in [1.807, 2.05) is 6.07 Å². The van der Waals surface area contributed by atoms with Gasteiger partial charge in [-0.05, 0) is 18.9 Å². The van der Waals surface area contributed by atoms with Crippen molar-refractivity contribution in [1.82, 2.24) is 4.31 Å². The van der Waals surface area contributed by atoms with E-state index in [0.29, 0.717) is 18.0 Å². The van der Waals surface area contributed by atoms with Crippen LogP contribution in [-0.2, 0) is 16.6 Å². The number of quaternary nitrogens is 1. The molecule has 0 bridgehead atoms. The highest BCUT2D eigenvalue weighted by Crippen LogP contribution is 2.20. The van der Waals surface area contributed by atoms with E-state index in [1.54, 1.807) is 21.5 Å². The van der Waals surface area contributed by atoms with Gasteiger partial charge in [-0.2, -0.15) is 4.31 Å². The first-order valence-electron chi connectivity index (χ1n) is 10.3. The van der Waals surface area contributed by atoms with Crippen LogP contribution >= 0.6 is 0 Å². The number of anilines is 1. The molecule has 0 amide bonds. The third-order valence-electron chi connectivity index (χ3n) is 5.83. The molecule has 2 aliphatic rings. The lowest BCUT2D eigenvalue weighted by atomic mass is 10.2. The fraction of sp³-hybridized carbons (Fsp3) is 0.476. The fourth-order valence-corrected chi connectivity index (χ4v) is 5.62. The smallest absolute Gasteiger partial charge is 0.274 e. The number of nitrogens with zero attached hydrogens (tertiary/aromatic N) is 2. The van der Waals surface area contributed by atoms with Gasteiger partial charge in [-0.3, -0.25) is 4.90 Å². The summed E-state index contributed by atoms with van der Waals surface area (Å²) in [4.78, 5) is 7.50. The van der Waals surface area contributed by atoms with E-state index < -0.39 is 10.0 Å². The van der Waals surface area contributed by atoms with Gasteiger partial charge in [-0.25, -0.2) is 13.4 Å². The lowest BCUT2D eigenvalue weighted by molar-refractivity contribution is -0.914. The van der Waals surface area contributed by atoms with Crippen molar-refractivity contribution in [3.8, 4) is 0 Å². The molecule has 28 heavy (non-hydrogen) atoms. The maximum absolute atomic E-state index is 12.8. The molecule has 1 aromatic carbocycles. The Morgan fingerprint density at radius 3 is 2.25 bits per heavy atom. The number of benzene rings is 1. The first kappa shape index (κ1) is 19.4. The zero-order valence-corrected chi connectivity index (χ0v) is 17.1. The first-order chi connectivity index (χ1) is 13.6. The van der Waals surface area contributed by atoms with Crippen LogP contribution in [0.4, 0.5) is 5.82 Å². The van der Waals surface area contributed by atoms with E-state index in [2.05, 4.69) is 40.2 Å². The second-order valence-corrected chi connectivity index (χ2v) is 9.71. The molecule has 0 spiro atoms. The Bertz CT molecular complexity index is 857. The number of nitrogens with one attached hydrogen (secondary N) is 2. The molecule has 150 valence electrons. The van der Waals surface area contributed by atoms with Gasteiger partial charge in [0, 0.05) is 24.7 Å². The summed E-state index contributed by atoms with van der Waals surface area (Å²) < 4.78 is 27.2. The van der Waals surface area contributed by atoms with Crippen molar-refractivity contribution in [2.75, 3.05) is 44.2 Å². The summed E-state index contributed by atoms with van der Waals surface area (Å²) in [7, 11) is -3.37. The maximum atomic E-state index is 12.8. The van der Waals surface area contributed by atoms with Gasteiger partial charge in [-0.1, -0.05) is 36.8 Å². The molecule has 0 unspecified atom stereocenters. The molecule has 0 atom stereocenters. The van der Waals surface area contributed by atoms with Gasteiger partial charge in [0.2, 0.25) is 10.0 Å². The second kappa shape index (κ2) is 8.59. The monoisotopic (exact) mass is 402 g/mol. The van der Waals surface area contributed by atoms with Crippen LogP contribution in [0, 0.1) is 0 Å². The topological polar surface area (TPSA) is 59.2 Å². The summed E-state index contributed by atoms with van der Waals surface area (Å²) in [5.41, 5.74) is 1.38. The van der Waals surface area contributed by atoms with Gasteiger partial charge in [0.1, 0.15) is 43.8 Å². The molecule has 1 aromatic heterocycles. The first-order valence-corrected chi connectivity index (χ1v) is 11.7. The van der Waals surface area contributed by atoms with Crippen LogP contribution in [-0.4, -0.2) is 52.0 Å². The Morgan fingerprint density at radius 2 is 1.61 bits per heavy atom. The summed E-state index contributed by atoms with van der Waals surface area (Å²) in [6, 6.07) is 14.3. The van der Waals surface area contributed by atoms with Gasteiger partial charge in [0.25, 0.3) is 5.82 Å². The average molecular weight is 403 g/mol. The number of hydrogen-bond acceptors (Lipinski definition) is 3. The third kappa shape index (κ3) is 4.37. The number of aromatic nitrogens is 1. The van der Waals surface area contributed by atoms with E-state index in [0.717, 1.165) is 57.8 Å². The zero-order chi connectivity index (χ0) is 19.4. The molecule has 2 saturated heterocycles. The number of rotatable bonds is 5. The summed E-state index contributed by atoms with van der Waals surface area (Å²) in [5, 5.41) is 0. The zero-order valence-electron chi connectivity index (χ0n) is 16.3. The molecule has 2 N–H and O–H groups in total. The minimum absolute atomic E-state index is 0.367. The van der Waals surface area contributed by atoms with Gasteiger partial charge in [0.15, 0.2) is 0 Å². The summed E-state index contributed by atoms with van der Waals surface area (Å²) in [6.07, 6.45) is 4.69. The summed E-state index contributed by atoms with van der Waals surface area (Å²) in [6.45, 7) is 6.43. The number of sulfonamides is 1. The Morgan fingerprint density at radius 1 is 0.893 bits per heavy atom. The van der Waals surface area contributed by atoms with Crippen LogP contribution in [0.1, 0.15) is 24.8 Å². The lowest BCUT2D eigenvalue weighted by Crippen LogP contribution is -3.13. The van der Waals surface area contributed by atoms with Crippen LogP contribution < -0.4 is 14.8 Å². The SMILES string of the molecule is O=S(=O)(c1ccc(N2CC[NH+](Cc3ccccc3)CC2)[nH+]c1)N1CCCCC1. The predicted molar refractivity (Wildman–Crippen MR) is 109 cm³/mol. The summed E-state index contributed by atoms with van der Waals surface area (Å²) >= 11 is 0. The molecule has 2 aliphatic heterocycles. The molecule has 2 aromatic rings. The maximum Gasteiger partial charge on any atom is 0.274 e. The van der Waals surface area contributed by atoms with Crippen LogP contribution in [0.2, 0.25) is 0 Å². The molecule has 0 aliphatic carbocycles. The number of pyridine rings is 1. The third-order valence-corrected chi connectivity index (χ3v) is 7.72. The van der Waals surface area contributed by atoms with Crippen LogP contribution in [0.5, 0.6) is 0 Å². The molecule has 3 heterocycles. The van der Waals surface area contributed by atoms with E-state index in [9.17, 15) is 8.42 Å². The fourth-order valence-electron chi connectivity index (χ4n) is 4.14. The minimum atomic E-state index is -3.37. The van der Waals surface area contributed by atoms with Gasteiger partial charge in [-0.15, -0.1) is 0 Å². The van der Waals surface area contributed by atoms with Crippen LogP contribution in [0.15, 0.2) is 53.6 Å². The van der Waals surface area contributed by atoms with Gasteiger partial charge < -0.3 is 4.90 Å². The molecule has 6 nitrogen and oxygen atoms in total. The van der Waals surface area contributed by atoms with Crippen molar-refractivity contribution in [2.45, 2.75) is 30.7 Å². The molecule has 2 fully saturated rings.